The molecule has 1 unspecified atom stereocenters. The average molecular weight is 616 g/mol. The zero-order valence-electron chi connectivity index (χ0n) is 21.9. The molecule has 210 valence electrons. The number of nitrogens with one attached hydrogen (secondary N) is 1. The summed E-state index contributed by atoms with van der Waals surface area (Å²) < 4.78 is 48.3. The van der Waals surface area contributed by atoms with Crippen molar-refractivity contribution in [1.29, 1.82) is 0 Å². The second kappa shape index (κ2) is 11.9. The molecular formula is C29H29BrF3N5O2. The highest BCUT2D eigenvalue weighted by atomic mass is 79.9. The number of hydrogen-bond acceptors (Lipinski definition) is 6. The molecule has 1 atom stereocenters. The quantitative estimate of drug-likeness (QED) is 0.483. The predicted molar refractivity (Wildman–Crippen MR) is 153 cm³/mol. The Morgan fingerprint density at radius 2 is 1.98 bits per heavy atom. The lowest BCUT2D eigenvalue weighted by Gasteiger charge is -2.32. The van der Waals surface area contributed by atoms with E-state index in [1.807, 2.05) is 48.3 Å². The van der Waals surface area contributed by atoms with E-state index in [1.165, 1.54) is 6.08 Å². The molecule has 4 aliphatic rings. The fourth-order valence-corrected chi connectivity index (χ4v) is 5.24. The summed E-state index contributed by atoms with van der Waals surface area (Å²) in [5.74, 6) is 1.06. The van der Waals surface area contributed by atoms with Gasteiger partial charge in [0.2, 0.25) is 0 Å². The minimum atomic E-state index is -4.43. The summed E-state index contributed by atoms with van der Waals surface area (Å²) >= 11 is 3.56. The van der Waals surface area contributed by atoms with Crippen LogP contribution in [-0.4, -0.2) is 46.2 Å². The van der Waals surface area contributed by atoms with E-state index in [1.54, 1.807) is 4.57 Å². The number of fused-ring (bicyclic) bond motifs is 1. The monoisotopic (exact) mass is 615 g/mol. The average Bonchev–Trinajstić information content (AvgIpc) is 3.03. The van der Waals surface area contributed by atoms with Gasteiger partial charge in [0.25, 0.3) is 5.56 Å². The van der Waals surface area contributed by atoms with Crippen LogP contribution in [0.5, 0.6) is 6.01 Å². The van der Waals surface area contributed by atoms with Crippen molar-refractivity contribution in [3.8, 4) is 6.01 Å². The maximum atomic E-state index is 14.1. The van der Waals surface area contributed by atoms with Crippen molar-refractivity contribution in [2.24, 2.45) is 10.9 Å². The first kappa shape index (κ1) is 27.9. The molecule has 2 aliphatic heterocycles. The predicted octanol–water partition coefficient (Wildman–Crippen LogP) is 5.54. The summed E-state index contributed by atoms with van der Waals surface area (Å²) in [5, 5.41) is 3.00. The van der Waals surface area contributed by atoms with Crippen molar-refractivity contribution in [2.45, 2.75) is 38.9 Å². The summed E-state index contributed by atoms with van der Waals surface area (Å²) in [4.78, 5) is 25.3. The molecule has 1 aromatic heterocycles. The first-order chi connectivity index (χ1) is 19.2. The molecule has 5 rings (SSSR count). The summed E-state index contributed by atoms with van der Waals surface area (Å²) in [6.07, 6.45) is 14.7. The Kier molecular flexibility index (Phi) is 8.30. The SMILES string of the molecule is CC1CC=CC=C1n1c(OC2=CC=CCC=C2Br)nc2c(c1=O)CN(C1=NC/C=C\C(C(F)(F)F)=C/CN1)CC2. The van der Waals surface area contributed by atoms with Gasteiger partial charge in [-0.2, -0.15) is 13.2 Å². The van der Waals surface area contributed by atoms with Crippen LogP contribution in [-0.2, 0) is 13.0 Å². The van der Waals surface area contributed by atoms with Gasteiger partial charge in [-0.1, -0.05) is 55.5 Å². The fourth-order valence-electron chi connectivity index (χ4n) is 4.84. The summed E-state index contributed by atoms with van der Waals surface area (Å²) in [5.41, 5.74) is 0.986. The smallest absolute Gasteiger partial charge is 0.416 e. The lowest BCUT2D eigenvalue weighted by atomic mass is 9.98. The first-order valence-corrected chi connectivity index (χ1v) is 13.9. The maximum absolute atomic E-state index is 14.1. The number of halogens is 4. The molecule has 0 saturated heterocycles. The summed E-state index contributed by atoms with van der Waals surface area (Å²) in [6.45, 7) is 2.80. The number of aliphatic imine (C=N–C) groups is 1. The molecule has 0 spiro atoms. The van der Waals surface area contributed by atoms with E-state index in [0.29, 0.717) is 35.9 Å². The fraction of sp³-hybridized carbons (Fsp3) is 0.345. The largest absolute Gasteiger partial charge is 0.424 e. The van der Waals surface area contributed by atoms with Crippen LogP contribution < -0.4 is 15.6 Å². The summed E-state index contributed by atoms with van der Waals surface area (Å²) in [6, 6.07) is 0.199. The minimum Gasteiger partial charge on any atom is -0.424 e. The van der Waals surface area contributed by atoms with Gasteiger partial charge in [0, 0.05) is 31.1 Å². The Labute approximate surface area is 238 Å². The van der Waals surface area contributed by atoms with Crippen molar-refractivity contribution < 1.29 is 17.9 Å². The van der Waals surface area contributed by atoms with E-state index in [-0.39, 0.29) is 37.1 Å². The lowest BCUT2D eigenvalue weighted by molar-refractivity contribution is -0.0883. The van der Waals surface area contributed by atoms with Gasteiger partial charge in [0.15, 0.2) is 5.96 Å². The van der Waals surface area contributed by atoms with Gasteiger partial charge in [-0.25, -0.2) is 14.5 Å². The van der Waals surface area contributed by atoms with Crippen LogP contribution in [0.2, 0.25) is 0 Å². The van der Waals surface area contributed by atoms with Gasteiger partial charge >= 0.3 is 12.2 Å². The Morgan fingerprint density at radius 1 is 1.15 bits per heavy atom. The zero-order valence-corrected chi connectivity index (χ0v) is 23.5. The van der Waals surface area contributed by atoms with Gasteiger partial charge in [-0.05, 0) is 40.9 Å². The van der Waals surface area contributed by atoms with Crippen LogP contribution in [0.25, 0.3) is 5.70 Å². The third kappa shape index (κ3) is 6.09. The van der Waals surface area contributed by atoms with E-state index >= 15 is 0 Å². The van der Waals surface area contributed by atoms with Crippen LogP contribution in [0.4, 0.5) is 13.2 Å². The van der Waals surface area contributed by atoms with Gasteiger partial charge in [-0.3, -0.25) is 4.79 Å². The molecule has 0 amide bonds. The number of ether oxygens (including phenoxy) is 1. The molecule has 0 radical (unpaired) electrons. The second-order valence-corrected chi connectivity index (χ2v) is 10.6. The van der Waals surface area contributed by atoms with Crippen LogP contribution >= 0.6 is 15.9 Å². The summed E-state index contributed by atoms with van der Waals surface area (Å²) in [7, 11) is 0. The third-order valence-electron chi connectivity index (χ3n) is 6.96. The second-order valence-electron chi connectivity index (χ2n) is 9.74. The van der Waals surface area contributed by atoms with Crippen molar-refractivity contribution in [3.05, 3.63) is 98.2 Å². The molecule has 40 heavy (non-hydrogen) atoms. The molecule has 0 fully saturated rings. The maximum Gasteiger partial charge on any atom is 0.416 e. The molecule has 3 heterocycles. The Bertz CT molecular complexity index is 1480. The number of alkyl halides is 3. The van der Waals surface area contributed by atoms with Crippen LogP contribution in [0.3, 0.4) is 0 Å². The minimum absolute atomic E-state index is 0.0423. The highest BCUT2D eigenvalue weighted by molar-refractivity contribution is 9.11. The third-order valence-corrected chi connectivity index (χ3v) is 7.68. The van der Waals surface area contributed by atoms with E-state index < -0.39 is 11.7 Å². The molecule has 0 bridgehead atoms. The molecule has 1 N–H and O–H groups in total. The van der Waals surface area contributed by atoms with Gasteiger partial charge in [0.05, 0.1) is 34.4 Å². The van der Waals surface area contributed by atoms with Crippen LogP contribution in [0.15, 0.2) is 86.4 Å². The first-order valence-electron chi connectivity index (χ1n) is 13.1. The van der Waals surface area contributed by atoms with Gasteiger partial charge in [0.1, 0.15) is 5.76 Å². The number of guanidine groups is 1. The Hall–Kier alpha value is -3.60. The van der Waals surface area contributed by atoms with E-state index in [4.69, 9.17) is 9.72 Å². The highest BCUT2D eigenvalue weighted by Gasteiger charge is 2.32. The van der Waals surface area contributed by atoms with Crippen molar-refractivity contribution >= 4 is 27.6 Å². The molecule has 1 aromatic rings. The number of allylic oxidation sites excluding steroid dienone is 11. The van der Waals surface area contributed by atoms with Gasteiger partial charge < -0.3 is 15.0 Å². The molecule has 0 saturated carbocycles. The molecule has 0 aromatic carbocycles. The van der Waals surface area contributed by atoms with Crippen LogP contribution in [0.1, 0.15) is 31.0 Å². The Morgan fingerprint density at radius 3 is 2.77 bits per heavy atom. The number of aromatic nitrogens is 2. The highest BCUT2D eigenvalue weighted by Crippen LogP contribution is 2.31. The van der Waals surface area contributed by atoms with Crippen molar-refractivity contribution in [3.63, 3.8) is 0 Å². The number of nitrogens with zero attached hydrogens (tertiary/aromatic N) is 4. The van der Waals surface area contributed by atoms with Crippen molar-refractivity contribution in [2.75, 3.05) is 19.6 Å². The Balaban J connectivity index is 1.49. The topological polar surface area (TPSA) is 71.8 Å². The van der Waals surface area contributed by atoms with Crippen molar-refractivity contribution in [1.82, 2.24) is 19.8 Å². The molecular weight excluding hydrogens is 587 g/mol. The standard InChI is InChI=1S/C29H29BrF3N5O2/c1-19-8-5-6-11-24(19)38-26(39)21-18-37(27-34-15-7-9-20(13-16-35-27)29(31,32)33)17-14-23(21)36-28(38)40-25-12-4-2-3-10-22(25)30/h2,4-7,9-13,19H,3,8,14-18H2,1H3,(H,34,35)/b9-7-,20-13+. The normalized spacial score (nSPS) is 23.5. The molecule has 7 nitrogen and oxygen atoms in total. The zero-order chi connectivity index (χ0) is 28.3. The number of hydrogen-bond donors (Lipinski definition) is 1. The lowest BCUT2D eigenvalue weighted by Crippen LogP contribution is -2.46. The molecule has 2 aliphatic carbocycles. The number of rotatable bonds is 3. The van der Waals surface area contributed by atoms with E-state index in [9.17, 15) is 18.0 Å². The van der Waals surface area contributed by atoms with Gasteiger partial charge in [-0.15, -0.1) is 0 Å². The van der Waals surface area contributed by atoms with E-state index in [2.05, 4.69) is 32.3 Å². The van der Waals surface area contributed by atoms with Crippen LogP contribution in [0, 0.1) is 5.92 Å². The van der Waals surface area contributed by atoms with E-state index in [0.717, 1.165) is 35.2 Å². The molecule has 11 heteroatoms.